The van der Waals surface area contributed by atoms with E-state index in [1.54, 1.807) is 26.4 Å². The summed E-state index contributed by atoms with van der Waals surface area (Å²) in [7, 11) is 5.17. The Labute approximate surface area is 208 Å². The number of aryl methyl sites for hydroxylation is 1. The Morgan fingerprint density at radius 3 is 2.25 bits per heavy atom. The highest BCUT2D eigenvalue weighted by atomic mass is 127. The number of phenols is 1. The van der Waals surface area contributed by atoms with E-state index in [4.69, 9.17) is 9.47 Å². The zero-order valence-electron chi connectivity index (χ0n) is 19.2. The Hall–Kier alpha value is -2.20. The Kier molecular flexibility index (Phi) is 10.9. The van der Waals surface area contributed by atoms with E-state index in [2.05, 4.69) is 32.2 Å². The summed E-state index contributed by atoms with van der Waals surface area (Å²) in [6.07, 6.45) is 1.99. The van der Waals surface area contributed by atoms with Crippen LogP contribution in [0.25, 0.3) is 0 Å². The Bertz CT molecular complexity index is 853. The fraction of sp³-hybridized carbons (Fsp3) is 0.458. The Morgan fingerprint density at radius 2 is 1.62 bits per heavy atom. The molecule has 8 heteroatoms. The second kappa shape index (κ2) is 13.4. The average Bonchev–Trinajstić information content (AvgIpc) is 2.81. The minimum atomic E-state index is 0. The molecule has 0 spiro atoms. The summed E-state index contributed by atoms with van der Waals surface area (Å²) in [5, 5.41) is 12.9. The standard InChI is InChI=1S/C24H34N4O3.HI/c1-25-24(26-12-4-5-19-6-9-21(29)10-7-19)28-15-13-27(14-16-28)18-20-8-11-22(30-2)23(17-20)31-3;/h6-11,17,29H,4-5,12-16,18H2,1-3H3,(H,25,26);1H. The van der Waals surface area contributed by atoms with Crippen molar-refractivity contribution in [2.24, 2.45) is 4.99 Å². The molecule has 2 aromatic carbocycles. The molecule has 1 aliphatic heterocycles. The maximum Gasteiger partial charge on any atom is 0.193 e. The number of hydrogen-bond donors (Lipinski definition) is 2. The number of piperazine rings is 1. The van der Waals surface area contributed by atoms with Gasteiger partial charge >= 0.3 is 0 Å². The molecule has 0 atom stereocenters. The first-order valence-corrected chi connectivity index (χ1v) is 10.8. The average molecular weight is 554 g/mol. The number of hydrogen-bond acceptors (Lipinski definition) is 5. The molecule has 2 aromatic rings. The van der Waals surface area contributed by atoms with E-state index < -0.39 is 0 Å². The van der Waals surface area contributed by atoms with Crippen LogP contribution in [0.3, 0.4) is 0 Å². The van der Waals surface area contributed by atoms with Crippen LogP contribution in [-0.4, -0.2) is 74.9 Å². The maximum absolute atomic E-state index is 9.38. The van der Waals surface area contributed by atoms with Crippen LogP contribution < -0.4 is 14.8 Å². The number of rotatable bonds is 8. The van der Waals surface area contributed by atoms with Gasteiger partial charge in [0.25, 0.3) is 0 Å². The number of methoxy groups -OCH3 is 2. The van der Waals surface area contributed by atoms with E-state index in [9.17, 15) is 5.11 Å². The Morgan fingerprint density at radius 1 is 0.969 bits per heavy atom. The van der Waals surface area contributed by atoms with Crippen molar-refractivity contribution in [3.63, 3.8) is 0 Å². The second-order valence-corrected chi connectivity index (χ2v) is 7.70. The molecule has 1 saturated heterocycles. The van der Waals surface area contributed by atoms with E-state index >= 15 is 0 Å². The minimum Gasteiger partial charge on any atom is -0.508 e. The van der Waals surface area contributed by atoms with E-state index in [0.717, 1.165) is 69.6 Å². The van der Waals surface area contributed by atoms with Crippen molar-refractivity contribution in [2.45, 2.75) is 19.4 Å². The topological polar surface area (TPSA) is 69.6 Å². The summed E-state index contributed by atoms with van der Waals surface area (Å²) >= 11 is 0. The normalized spacial score (nSPS) is 14.6. The number of halogens is 1. The fourth-order valence-electron chi connectivity index (χ4n) is 3.84. The second-order valence-electron chi connectivity index (χ2n) is 7.70. The zero-order chi connectivity index (χ0) is 22.1. The molecule has 0 aliphatic carbocycles. The monoisotopic (exact) mass is 554 g/mol. The lowest BCUT2D eigenvalue weighted by molar-refractivity contribution is 0.172. The first-order chi connectivity index (χ1) is 15.1. The fourth-order valence-corrected chi connectivity index (χ4v) is 3.84. The molecule has 0 aromatic heterocycles. The lowest BCUT2D eigenvalue weighted by Gasteiger charge is -2.36. The predicted octanol–water partition coefficient (Wildman–Crippen LogP) is 3.35. The lowest BCUT2D eigenvalue weighted by Crippen LogP contribution is -2.52. The third-order valence-corrected chi connectivity index (χ3v) is 5.60. The van der Waals surface area contributed by atoms with Crippen LogP contribution in [0.2, 0.25) is 0 Å². The molecule has 7 nitrogen and oxygen atoms in total. The van der Waals surface area contributed by atoms with Gasteiger partial charge in [-0.25, -0.2) is 0 Å². The van der Waals surface area contributed by atoms with Crippen molar-refractivity contribution in [3.05, 3.63) is 53.6 Å². The molecule has 0 unspecified atom stereocenters. The number of ether oxygens (including phenoxy) is 2. The first-order valence-electron chi connectivity index (χ1n) is 10.8. The van der Waals surface area contributed by atoms with Crippen LogP contribution in [0.5, 0.6) is 17.2 Å². The largest absolute Gasteiger partial charge is 0.508 e. The highest BCUT2D eigenvalue weighted by Gasteiger charge is 2.20. The van der Waals surface area contributed by atoms with Gasteiger partial charge in [0.15, 0.2) is 17.5 Å². The van der Waals surface area contributed by atoms with Gasteiger partial charge in [-0.3, -0.25) is 9.89 Å². The summed E-state index contributed by atoms with van der Waals surface area (Å²) in [6.45, 7) is 5.65. The highest BCUT2D eigenvalue weighted by Crippen LogP contribution is 2.28. The maximum atomic E-state index is 9.38. The molecule has 1 fully saturated rings. The third-order valence-electron chi connectivity index (χ3n) is 5.60. The minimum absolute atomic E-state index is 0. The molecule has 3 rings (SSSR count). The predicted molar refractivity (Wildman–Crippen MR) is 140 cm³/mol. The van der Waals surface area contributed by atoms with Gasteiger partial charge in [0.05, 0.1) is 14.2 Å². The smallest absolute Gasteiger partial charge is 0.193 e. The van der Waals surface area contributed by atoms with Crippen molar-refractivity contribution in [3.8, 4) is 17.2 Å². The van der Waals surface area contributed by atoms with Gasteiger partial charge in [-0.2, -0.15) is 0 Å². The van der Waals surface area contributed by atoms with Crippen LogP contribution in [0.4, 0.5) is 0 Å². The number of benzene rings is 2. The summed E-state index contributed by atoms with van der Waals surface area (Å²) in [6, 6.07) is 13.5. The van der Waals surface area contributed by atoms with Gasteiger partial charge < -0.3 is 24.8 Å². The summed E-state index contributed by atoms with van der Waals surface area (Å²) in [5.41, 5.74) is 2.46. The summed E-state index contributed by atoms with van der Waals surface area (Å²) in [5.74, 6) is 2.82. The van der Waals surface area contributed by atoms with E-state index in [0.29, 0.717) is 5.75 Å². The summed E-state index contributed by atoms with van der Waals surface area (Å²) in [4.78, 5) is 9.25. The van der Waals surface area contributed by atoms with Crippen LogP contribution in [0.15, 0.2) is 47.5 Å². The van der Waals surface area contributed by atoms with Crippen molar-refractivity contribution < 1.29 is 14.6 Å². The van der Waals surface area contributed by atoms with Gasteiger partial charge in [-0.15, -0.1) is 24.0 Å². The van der Waals surface area contributed by atoms with Crippen LogP contribution in [0.1, 0.15) is 17.5 Å². The quantitative estimate of drug-likeness (QED) is 0.226. The molecule has 32 heavy (non-hydrogen) atoms. The molecular formula is C24H35IN4O3. The molecule has 0 saturated carbocycles. The van der Waals surface area contributed by atoms with Crippen molar-refractivity contribution in [1.29, 1.82) is 0 Å². The SMILES string of the molecule is CN=C(NCCCc1ccc(O)cc1)N1CCN(Cc2ccc(OC)c(OC)c2)CC1.I. The van der Waals surface area contributed by atoms with Gasteiger partial charge in [0.2, 0.25) is 0 Å². The molecule has 176 valence electrons. The zero-order valence-corrected chi connectivity index (χ0v) is 21.5. The first kappa shape index (κ1) is 26.1. The number of phenolic OH excluding ortho intramolecular Hbond substituents is 1. The highest BCUT2D eigenvalue weighted by molar-refractivity contribution is 14.0. The van der Waals surface area contributed by atoms with Crippen molar-refractivity contribution in [1.82, 2.24) is 15.1 Å². The van der Waals surface area contributed by atoms with E-state index in [1.165, 1.54) is 11.1 Å². The van der Waals surface area contributed by atoms with Gasteiger partial charge in [0.1, 0.15) is 5.75 Å². The number of nitrogens with zero attached hydrogens (tertiary/aromatic N) is 3. The Balaban J connectivity index is 0.00000363. The molecule has 1 heterocycles. The number of aliphatic imine (C=N–C) groups is 1. The molecule has 0 radical (unpaired) electrons. The van der Waals surface area contributed by atoms with Crippen LogP contribution in [-0.2, 0) is 13.0 Å². The van der Waals surface area contributed by atoms with Crippen molar-refractivity contribution >= 4 is 29.9 Å². The number of guanidine groups is 1. The molecule has 1 aliphatic rings. The lowest BCUT2D eigenvalue weighted by atomic mass is 10.1. The molecular weight excluding hydrogens is 519 g/mol. The summed E-state index contributed by atoms with van der Waals surface area (Å²) < 4.78 is 10.8. The van der Waals surface area contributed by atoms with Gasteiger partial charge in [-0.1, -0.05) is 18.2 Å². The number of aromatic hydroxyl groups is 1. The van der Waals surface area contributed by atoms with Crippen LogP contribution >= 0.6 is 24.0 Å². The van der Waals surface area contributed by atoms with Crippen LogP contribution in [0, 0.1) is 0 Å². The van der Waals surface area contributed by atoms with E-state index in [-0.39, 0.29) is 24.0 Å². The molecule has 0 amide bonds. The van der Waals surface area contributed by atoms with Gasteiger partial charge in [0, 0.05) is 46.3 Å². The molecule has 0 bridgehead atoms. The molecule has 2 N–H and O–H groups in total. The van der Waals surface area contributed by atoms with Crippen molar-refractivity contribution in [2.75, 3.05) is 54.0 Å². The third kappa shape index (κ3) is 7.44. The van der Waals surface area contributed by atoms with E-state index in [1.807, 2.05) is 25.2 Å². The van der Waals surface area contributed by atoms with Gasteiger partial charge in [-0.05, 0) is 48.2 Å². The number of nitrogens with one attached hydrogen (secondary N) is 1.